The average Bonchev–Trinajstić information content (AvgIpc) is 2.37. The molecule has 4 N–H and O–H groups in total. The second-order valence-electron chi connectivity index (χ2n) is 4.04. The van der Waals surface area contributed by atoms with E-state index in [1.54, 1.807) is 24.3 Å². The van der Waals surface area contributed by atoms with E-state index in [1.807, 2.05) is 0 Å². The summed E-state index contributed by atoms with van der Waals surface area (Å²) in [7, 11) is -3.86. The third-order valence-electron chi connectivity index (χ3n) is 2.34. The summed E-state index contributed by atoms with van der Waals surface area (Å²) in [5, 5.41) is 7.49. The van der Waals surface area contributed by atoms with E-state index in [0.29, 0.717) is 5.69 Å². The number of benzene rings is 1. The fourth-order valence-electron chi connectivity index (χ4n) is 1.53. The molecule has 2 rings (SSSR count). The molecule has 0 fully saturated rings. The van der Waals surface area contributed by atoms with Crippen molar-refractivity contribution in [1.29, 1.82) is 0 Å². The van der Waals surface area contributed by atoms with E-state index in [1.165, 1.54) is 18.3 Å². The molecule has 0 spiro atoms. The van der Waals surface area contributed by atoms with Crippen molar-refractivity contribution in [3.8, 4) is 0 Å². The number of pyridine rings is 1. The van der Waals surface area contributed by atoms with Crippen LogP contribution in [0.2, 0.25) is 0 Å². The van der Waals surface area contributed by atoms with Crippen LogP contribution in [0.5, 0.6) is 0 Å². The van der Waals surface area contributed by atoms with Gasteiger partial charge in [0.15, 0.2) is 0 Å². The van der Waals surface area contributed by atoms with Crippen LogP contribution in [0.4, 0.5) is 11.4 Å². The third kappa shape index (κ3) is 4.81. The minimum Gasteiger partial charge on any atom is -0.321 e. The maximum atomic E-state index is 12.0. The molecule has 0 atom stereocenters. The first-order chi connectivity index (χ1) is 9.83. The third-order valence-corrected chi connectivity index (χ3v) is 3.33. The number of amides is 1. The Kier molecular flexibility index (Phi) is 4.56. The lowest BCUT2D eigenvalue weighted by atomic mass is 10.2. The zero-order valence-electron chi connectivity index (χ0n) is 10.6. The molecule has 21 heavy (non-hydrogen) atoms. The predicted octanol–water partition coefficient (Wildman–Crippen LogP) is 1.71. The van der Waals surface area contributed by atoms with Crippen LogP contribution in [0.25, 0.3) is 0 Å². The van der Waals surface area contributed by atoms with Gasteiger partial charge in [0.2, 0.25) is 0 Å². The maximum Gasteiger partial charge on any atom is 0.296 e. The predicted molar refractivity (Wildman–Crippen MR) is 83.1 cm³/mol. The second kappa shape index (κ2) is 6.20. The Labute approximate surface area is 129 Å². The number of anilines is 2. The van der Waals surface area contributed by atoms with Crippen molar-refractivity contribution in [2.24, 2.45) is 5.14 Å². The fourth-order valence-corrected chi connectivity index (χ4v) is 2.22. The summed E-state index contributed by atoms with van der Waals surface area (Å²) in [6.45, 7) is 0. The molecule has 1 aromatic heterocycles. The van der Waals surface area contributed by atoms with Crippen LogP contribution in [-0.2, 0) is 10.2 Å². The van der Waals surface area contributed by atoms with Crippen molar-refractivity contribution in [1.82, 2.24) is 4.98 Å². The highest BCUT2D eigenvalue weighted by Crippen LogP contribution is 2.16. The number of nitrogens with one attached hydrogen (secondary N) is 2. The fraction of sp³-hybridized carbons (Fsp3) is 0. The zero-order valence-corrected chi connectivity index (χ0v) is 13.0. The van der Waals surface area contributed by atoms with Gasteiger partial charge in [-0.25, -0.2) is 10.1 Å². The van der Waals surface area contributed by atoms with Crippen LogP contribution < -0.4 is 15.2 Å². The molecule has 1 amide bonds. The summed E-state index contributed by atoms with van der Waals surface area (Å²) in [6, 6.07) is 9.41. The number of hydrogen-bond donors (Lipinski definition) is 3. The quantitative estimate of drug-likeness (QED) is 0.759. The zero-order chi connectivity index (χ0) is 15.5. The molecule has 7 nitrogen and oxygen atoms in total. The van der Waals surface area contributed by atoms with Crippen LogP contribution in [0, 0.1) is 0 Å². The highest BCUT2D eigenvalue weighted by atomic mass is 79.9. The van der Waals surface area contributed by atoms with Crippen LogP contribution in [0.3, 0.4) is 0 Å². The van der Waals surface area contributed by atoms with Crippen molar-refractivity contribution in [3.05, 3.63) is 52.8 Å². The van der Waals surface area contributed by atoms with Crippen molar-refractivity contribution >= 4 is 43.4 Å². The SMILES string of the molecule is NS(=O)(=O)Nc1cccc(NC(=O)c2ccc(Br)cn2)c1. The summed E-state index contributed by atoms with van der Waals surface area (Å²) in [4.78, 5) is 15.9. The first-order valence-corrected chi connectivity index (χ1v) is 8.01. The molecule has 0 saturated heterocycles. The van der Waals surface area contributed by atoms with Gasteiger partial charge in [-0.15, -0.1) is 0 Å². The van der Waals surface area contributed by atoms with Crippen LogP contribution in [0.15, 0.2) is 47.1 Å². The standard InChI is InChI=1S/C12H11BrN4O3S/c13-8-4-5-11(15-7-8)12(18)16-9-2-1-3-10(6-9)17-21(14,19)20/h1-7,17H,(H,16,18)(H2,14,19,20). The number of carbonyl (C=O) groups is 1. The van der Waals surface area contributed by atoms with Crippen LogP contribution in [0.1, 0.15) is 10.5 Å². The minimum absolute atomic E-state index is 0.239. The lowest BCUT2D eigenvalue weighted by Gasteiger charge is -2.08. The monoisotopic (exact) mass is 370 g/mol. The molecular formula is C12H11BrN4O3S. The van der Waals surface area contributed by atoms with Crippen molar-refractivity contribution in [2.75, 3.05) is 10.0 Å². The topological polar surface area (TPSA) is 114 Å². The van der Waals surface area contributed by atoms with Gasteiger partial charge in [0, 0.05) is 16.4 Å². The van der Waals surface area contributed by atoms with E-state index in [-0.39, 0.29) is 11.4 Å². The summed E-state index contributed by atoms with van der Waals surface area (Å²) < 4.78 is 24.8. The number of hydrogen-bond acceptors (Lipinski definition) is 4. The Balaban J connectivity index is 2.14. The molecular weight excluding hydrogens is 360 g/mol. The molecule has 0 aliphatic carbocycles. The van der Waals surface area contributed by atoms with E-state index in [4.69, 9.17) is 5.14 Å². The summed E-state index contributed by atoms with van der Waals surface area (Å²) >= 11 is 3.23. The van der Waals surface area contributed by atoms with E-state index < -0.39 is 16.1 Å². The molecule has 9 heteroatoms. The molecule has 110 valence electrons. The Hall–Kier alpha value is -1.97. The van der Waals surface area contributed by atoms with Gasteiger partial charge in [0.25, 0.3) is 16.1 Å². The lowest BCUT2D eigenvalue weighted by Crippen LogP contribution is -2.21. The van der Waals surface area contributed by atoms with E-state index in [9.17, 15) is 13.2 Å². The van der Waals surface area contributed by atoms with Crippen molar-refractivity contribution in [3.63, 3.8) is 0 Å². The Morgan fingerprint density at radius 2 is 1.90 bits per heavy atom. The van der Waals surface area contributed by atoms with Crippen molar-refractivity contribution < 1.29 is 13.2 Å². The highest BCUT2D eigenvalue weighted by Gasteiger charge is 2.08. The maximum absolute atomic E-state index is 12.0. The summed E-state index contributed by atoms with van der Waals surface area (Å²) in [5.74, 6) is -0.407. The molecule has 2 aromatic rings. The second-order valence-corrected chi connectivity index (χ2v) is 6.25. The minimum atomic E-state index is -3.86. The van der Waals surface area contributed by atoms with Gasteiger partial charge in [0.05, 0.1) is 5.69 Å². The largest absolute Gasteiger partial charge is 0.321 e. The molecule has 0 bridgehead atoms. The molecule has 0 unspecified atom stereocenters. The molecule has 0 aliphatic rings. The first-order valence-electron chi connectivity index (χ1n) is 5.67. The van der Waals surface area contributed by atoms with Gasteiger partial charge in [-0.2, -0.15) is 8.42 Å². The van der Waals surface area contributed by atoms with Gasteiger partial charge >= 0.3 is 0 Å². The van der Waals surface area contributed by atoms with Gasteiger partial charge in [-0.1, -0.05) is 6.07 Å². The number of halogens is 1. The molecule has 1 aromatic carbocycles. The lowest BCUT2D eigenvalue weighted by molar-refractivity contribution is 0.102. The normalized spacial score (nSPS) is 11.0. The van der Waals surface area contributed by atoms with E-state index in [0.717, 1.165) is 4.47 Å². The summed E-state index contributed by atoms with van der Waals surface area (Å²) in [5.41, 5.74) is 0.903. The van der Waals surface area contributed by atoms with Crippen molar-refractivity contribution in [2.45, 2.75) is 0 Å². The van der Waals surface area contributed by atoms with Gasteiger partial charge in [-0.05, 0) is 46.3 Å². The number of rotatable bonds is 4. The Morgan fingerprint density at radius 3 is 2.52 bits per heavy atom. The van der Waals surface area contributed by atoms with Gasteiger partial charge in [0.1, 0.15) is 5.69 Å². The molecule has 0 saturated carbocycles. The average molecular weight is 371 g/mol. The Bertz CT molecular complexity index is 762. The Morgan fingerprint density at radius 1 is 1.19 bits per heavy atom. The smallest absolute Gasteiger partial charge is 0.296 e. The van der Waals surface area contributed by atoms with E-state index >= 15 is 0 Å². The highest BCUT2D eigenvalue weighted by molar-refractivity contribution is 9.10. The van der Waals surface area contributed by atoms with Gasteiger partial charge < -0.3 is 5.32 Å². The number of nitrogens with two attached hydrogens (primary N) is 1. The number of carbonyl (C=O) groups excluding carboxylic acids is 1. The number of nitrogens with zero attached hydrogens (tertiary/aromatic N) is 1. The molecule has 0 radical (unpaired) electrons. The summed E-state index contributed by atoms with van der Waals surface area (Å²) in [6.07, 6.45) is 1.51. The number of aromatic nitrogens is 1. The van der Waals surface area contributed by atoms with Crippen LogP contribution >= 0.6 is 15.9 Å². The van der Waals surface area contributed by atoms with E-state index in [2.05, 4.69) is 31.0 Å². The van der Waals surface area contributed by atoms with Gasteiger partial charge in [-0.3, -0.25) is 9.52 Å². The molecule has 0 aliphatic heterocycles. The molecule has 1 heterocycles. The van der Waals surface area contributed by atoms with Crippen LogP contribution in [-0.4, -0.2) is 19.3 Å². The first kappa shape index (κ1) is 15.4.